The van der Waals surface area contributed by atoms with Crippen molar-refractivity contribution in [3.8, 4) is 17.2 Å². The molecule has 2 rings (SSSR count). The molecule has 0 saturated carbocycles. The maximum absolute atomic E-state index is 12.2. The van der Waals surface area contributed by atoms with Crippen molar-refractivity contribution in [3.05, 3.63) is 51.5 Å². The van der Waals surface area contributed by atoms with Crippen molar-refractivity contribution in [2.24, 2.45) is 0 Å². The van der Waals surface area contributed by atoms with E-state index in [-0.39, 0.29) is 5.91 Å². The summed E-state index contributed by atoms with van der Waals surface area (Å²) in [5.41, 5.74) is 3.11. The molecule has 0 fully saturated rings. The molecule has 5 nitrogen and oxygen atoms in total. The zero-order chi connectivity index (χ0) is 19.1. The average Bonchev–Trinajstić information content (AvgIpc) is 2.64. The van der Waals surface area contributed by atoms with Gasteiger partial charge >= 0.3 is 0 Å². The molecule has 6 heteroatoms. The van der Waals surface area contributed by atoms with Gasteiger partial charge in [-0.2, -0.15) is 0 Å². The largest absolute Gasteiger partial charge is 0.495 e. The Labute approximate surface area is 162 Å². The third-order valence-electron chi connectivity index (χ3n) is 4.20. The number of halogens is 1. The van der Waals surface area contributed by atoms with Crippen LogP contribution >= 0.6 is 15.9 Å². The Morgan fingerprint density at radius 2 is 1.77 bits per heavy atom. The highest BCUT2D eigenvalue weighted by Crippen LogP contribution is 2.31. The number of hydrogen-bond acceptors (Lipinski definition) is 4. The Morgan fingerprint density at radius 1 is 1.04 bits per heavy atom. The summed E-state index contributed by atoms with van der Waals surface area (Å²) in [5, 5.41) is 2.96. The Morgan fingerprint density at radius 3 is 2.42 bits per heavy atom. The highest BCUT2D eigenvalue weighted by Gasteiger charge is 2.11. The lowest BCUT2D eigenvalue weighted by molar-refractivity contribution is -0.120. The molecular formula is C20H24BrNO4. The van der Waals surface area contributed by atoms with Crippen molar-refractivity contribution >= 4 is 21.8 Å². The average molecular weight is 422 g/mol. The molecule has 26 heavy (non-hydrogen) atoms. The normalized spacial score (nSPS) is 10.3. The number of ether oxygens (including phenoxy) is 3. The van der Waals surface area contributed by atoms with E-state index in [1.807, 2.05) is 31.2 Å². The van der Waals surface area contributed by atoms with Crippen molar-refractivity contribution in [1.29, 1.82) is 0 Å². The summed E-state index contributed by atoms with van der Waals surface area (Å²) in [6.07, 6.45) is 1.04. The molecule has 0 bridgehead atoms. The van der Waals surface area contributed by atoms with Gasteiger partial charge in [0.2, 0.25) is 5.91 Å². The third-order valence-corrected chi connectivity index (χ3v) is 4.83. The van der Waals surface area contributed by atoms with E-state index in [2.05, 4.69) is 21.2 Å². The summed E-state index contributed by atoms with van der Waals surface area (Å²) in [5.74, 6) is 2.07. The summed E-state index contributed by atoms with van der Waals surface area (Å²) in [6.45, 7) is 2.59. The van der Waals surface area contributed by atoms with Gasteiger partial charge in [0, 0.05) is 6.54 Å². The molecular weight excluding hydrogens is 398 g/mol. The molecule has 1 N–H and O–H groups in total. The van der Waals surface area contributed by atoms with Gasteiger partial charge in [0.1, 0.15) is 5.75 Å². The first-order valence-corrected chi connectivity index (χ1v) is 9.09. The van der Waals surface area contributed by atoms with Crippen LogP contribution in [0.5, 0.6) is 17.2 Å². The lowest BCUT2D eigenvalue weighted by atomic mass is 10.0. The second kappa shape index (κ2) is 9.48. The lowest BCUT2D eigenvalue weighted by Crippen LogP contribution is -2.27. The Hall–Kier alpha value is -2.21. The van der Waals surface area contributed by atoms with E-state index < -0.39 is 0 Å². The number of nitrogens with one attached hydrogen (secondary N) is 1. The highest BCUT2D eigenvalue weighted by atomic mass is 79.9. The van der Waals surface area contributed by atoms with Crippen LogP contribution in [0.15, 0.2) is 34.8 Å². The van der Waals surface area contributed by atoms with Gasteiger partial charge in [0.05, 0.1) is 32.2 Å². The second-order valence-electron chi connectivity index (χ2n) is 5.83. The second-order valence-corrected chi connectivity index (χ2v) is 6.69. The van der Waals surface area contributed by atoms with Gasteiger partial charge in [-0.3, -0.25) is 4.79 Å². The minimum Gasteiger partial charge on any atom is -0.495 e. The molecule has 0 aromatic heterocycles. The van der Waals surface area contributed by atoms with Crippen LogP contribution in [0, 0.1) is 6.92 Å². The van der Waals surface area contributed by atoms with E-state index in [9.17, 15) is 4.79 Å². The molecule has 0 aliphatic rings. The van der Waals surface area contributed by atoms with E-state index in [1.54, 1.807) is 27.4 Å². The monoisotopic (exact) mass is 421 g/mol. The summed E-state index contributed by atoms with van der Waals surface area (Å²) in [6, 6.07) is 9.50. The smallest absolute Gasteiger partial charge is 0.224 e. The number of hydrogen-bond donors (Lipinski definition) is 1. The zero-order valence-electron chi connectivity index (χ0n) is 15.5. The molecule has 0 saturated heterocycles. The summed E-state index contributed by atoms with van der Waals surface area (Å²) >= 11 is 3.48. The number of rotatable bonds is 8. The Bertz CT molecular complexity index is 777. The maximum Gasteiger partial charge on any atom is 0.224 e. The van der Waals surface area contributed by atoms with E-state index in [0.717, 1.165) is 33.3 Å². The van der Waals surface area contributed by atoms with Gasteiger partial charge in [-0.25, -0.2) is 0 Å². The molecule has 2 aromatic carbocycles. The van der Waals surface area contributed by atoms with Crippen LogP contribution in [0.1, 0.15) is 16.7 Å². The third kappa shape index (κ3) is 4.91. The van der Waals surface area contributed by atoms with Crippen molar-refractivity contribution < 1.29 is 19.0 Å². The molecule has 140 valence electrons. The number of methoxy groups -OCH3 is 3. The zero-order valence-corrected chi connectivity index (χ0v) is 17.1. The van der Waals surface area contributed by atoms with Gasteiger partial charge in [0.25, 0.3) is 0 Å². The molecule has 0 spiro atoms. The molecule has 0 aliphatic carbocycles. The molecule has 1 amide bonds. The van der Waals surface area contributed by atoms with Crippen LogP contribution in [0.3, 0.4) is 0 Å². The molecule has 0 atom stereocenters. The van der Waals surface area contributed by atoms with Gasteiger partial charge < -0.3 is 19.5 Å². The standard InChI is InChI=1S/C20H24BrNO4/c1-13-15(6-7-16(21)20(13)26-4)9-10-22-19(23)12-14-5-8-17(24-2)18(11-14)25-3/h5-8,11H,9-10,12H2,1-4H3,(H,22,23). The number of benzene rings is 2. The van der Waals surface area contributed by atoms with Gasteiger partial charge in [0.15, 0.2) is 11.5 Å². The van der Waals surface area contributed by atoms with Crippen LogP contribution in [0.2, 0.25) is 0 Å². The number of carbonyl (C=O) groups is 1. The fraction of sp³-hybridized carbons (Fsp3) is 0.350. The first-order valence-electron chi connectivity index (χ1n) is 8.29. The minimum atomic E-state index is -0.0288. The van der Waals surface area contributed by atoms with Crippen molar-refractivity contribution in [3.63, 3.8) is 0 Å². The Balaban J connectivity index is 1.92. The maximum atomic E-state index is 12.2. The van der Waals surface area contributed by atoms with Crippen LogP contribution < -0.4 is 19.5 Å². The minimum absolute atomic E-state index is 0.0288. The molecule has 0 heterocycles. The lowest BCUT2D eigenvalue weighted by Gasteiger charge is -2.13. The van der Waals surface area contributed by atoms with E-state index in [0.29, 0.717) is 24.5 Å². The van der Waals surface area contributed by atoms with Crippen LogP contribution in [0.4, 0.5) is 0 Å². The topological polar surface area (TPSA) is 56.8 Å². The summed E-state index contributed by atoms with van der Waals surface area (Å²) in [7, 11) is 4.82. The first kappa shape index (κ1) is 20.1. The number of carbonyl (C=O) groups excluding carboxylic acids is 1. The van der Waals surface area contributed by atoms with Crippen molar-refractivity contribution in [2.45, 2.75) is 19.8 Å². The molecule has 0 radical (unpaired) electrons. The van der Waals surface area contributed by atoms with Gasteiger partial charge in [-0.15, -0.1) is 0 Å². The van der Waals surface area contributed by atoms with Crippen molar-refractivity contribution in [2.75, 3.05) is 27.9 Å². The SMILES string of the molecule is COc1ccc(CC(=O)NCCc2ccc(Br)c(OC)c2C)cc1OC. The van der Waals surface area contributed by atoms with Crippen LogP contribution in [-0.4, -0.2) is 33.8 Å². The molecule has 2 aromatic rings. The van der Waals surface area contributed by atoms with E-state index in [1.165, 1.54) is 0 Å². The quantitative estimate of drug-likeness (QED) is 0.705. The van der Waals surface area contributed by atoms with E-state index >= 15 is 0 Å². The van der Waals surface area contributed by atoms with Crippen molar-refractivity contribution in [1.82, 2.24) is 5.32 Å². The van der Waals surface area contributed by atoms with Crippen LogP contribution in [0.25, 0.3) is 0 Å². The summed E-state index contributed by atoms with van der Waals surface area (Å²) in [4.78, 5) is 12.2. The fourth-order valence-corrected chi connectivity index (χ4v) is 3.39. The van der Waals surface area contributed by atoms with E-state index in [4.69, 9.17) is 14.2 Å². The number of amides is 1. The predicted molar refractivity (Wildman–Crippen MR) is 105 cm³/mol. The molecule has 0 aliphatic heterocycles. The fourth-order valence-electron chi connectivity index (χ4n) is 2.80. The summed E-state index contributed by atoms with van der Waals surface area (Å²) < 4.78 is 16.8. The Kier molecular flexibility index (Phi) is 7.33. The highest BCUT2D eigenvalue weighted by molar-refractivity contribution is 9.10. The predicted octanol–water partition coefficient (Wildman–Crippen LogP) is 3.68. The van der Waals surface area contributed by atoms with Gasteiger partial charge in [-0.05, 0) is 64.2 Å². The molecule has 0 unspecified atom stereocenters. The van der Waals surface area contributed by atoms with Gasteiger partial charge in [-0.1, -0.05) is 12.1 Å². The first-order chi connectivity index (χ1) is 12.5. The van der Waals surface area contributed by atoms with Crippen LogP contribution in [-0.2, 0) is 17.6 Å².